The highest BCUT2D eigenvalue weighted by Crippen LogP contribution is 1.91. The van der Waals surface area contributed by atoms with Gasteiger partial charge >= 0.3 is 0 Å². The second-order valence-corrected chi connectivity index (χ2v) is 5.96. The molecule has 0 spiro atoms. The average molecular weight is 318 g/mol. The van der Waals surface area contributed by atoms with Crippen LogP contribution in [0.25, 0.3) is 0 Å². The molecular weight excluding hydrogens is 274 g/mol. The largest absolute Gasteiger partial charge is 0.314 e. The maximum Gasteiger partial charge on any atom is 0.0107 e. The van der Waals surface area contributed by atoms with E-state index in [1.54, 1.807) is 0 Å². The average Bonchev–Trinajstić information content (AvgIpc) is 2.50. The molecule has 0 aliphatic carbocycles. The standard InChI is InChI=1S/C14H33N5.C2H6.CH4/c1-16-7-5-15-6-8-17(2)10-12-19(4)14-13-18(3)11-9-16;1-2;/h15H,5-14H2,1-4H3;1-2H3;1H4. The van der Waals surface area contributed by atoms with Crippen molar-refractivity contribution in [3.05, 3.63) is 0 Å². The van der Waals surface area contributed by atoms with E-state index in [0.29, 0.717) is 0 Å². The molecule has 0 bridgehead atoms. The van der Waals surface area contributed by atoms with Crippen LogP contribution in [0.3, 0.4) is 0 Å². The van der Waals surface area contributed by atoms with E-state index >= 15 is 0 Å². The van der Waals surface area contributed by atoms with Gasteiger partial charge in [-0.05, 0) is 28.2 Å². The van der Waals surface area contributed by atoms with Crippen molar-refractivity contribution in [3.63, 3.8) is 0 Å². The molecule has 0 amide bonds. The first kappa shape index (κ1) is 24.1. The van der Waals surface area contributed by atoms with E-state index in [0.717, 1.165) is 65.4 Å². The molecule has 0 aromatic heterocycles. The van der Waals surface area contributed by atoms with Crippen molar-refractivity contribution >= 4 is 0 Å². The minimum absolute atomic E-state index is 0. The normalized spacial score (nSPS) is 22.6. The molecule has 136 valence electrons. The summed E-state index contributed by atoms with van der Waals surface area (Å²) in [6.07, 6.45) is 0. The van der Waals surface area contributed by atoms with E-state index in [9.17, 15) is 0 Å². The van der Waals surface area contributed by atoms with Gasteiger partial charge in [-0.2, -0.15) is 0 Å². The summed E-state index contributed by atoms with van der Waals surface area (Å²) in [6.45, 7) is 15.4. The van der Waals surface area contributed by atoms with Crippen LogP contribution in [0.5, 0.6) is 0 Å². The Morgan fingerprint density at radius 2 is 0.727 bits per heavy atom. The van der Waals surface area contributed by atoms with E-state index in [4.69, 9.17) is 0 Å². The molecule has 1 N–H and O–H groups in total. The summed E-state index contributed by atoms with van der Waals surface area (Å²) in [5, 5.41) is 3.53. The van der Waals surface area contributed by atoms with E-state index < -0.39 is 0 Å². The van der Waals surface area contributed by atoms with Crippen LogP contribution in [-0.4, -0.2) is 113 Å². The Morgan fingerprint density at radius 1 is 0.500 bits per heavy atom. The van der Waals surface area contributed by atoms with Crippen LogP contribution in [0.2, 0.25) is 0 Å². The number of hydrogen-bond donors (Lipinski definition) is 1. The second-order valence-electron chi connectivity index (χ2n) is 5.96. The lowest BCUT2D eigenvalue weighted by molar-refractivity contribution is 0.216. The number of rotatable bonds is 0. The minimum atomic E-state index is 0. The van der Waals surface area contributed by atoms with Crippen molar-refractivity contribution in [2.45, 2.75) is 21.3 Å². The molecule has 0 atom stereocenters. The molecule has 1 rings (SSSR count). The lowest BCUT2D eigenvalue weighted by Crippen LogP contribution is -2.38. The maximum absolute atomic E-state index is 3.53. The SMILES string of the molecule is C.CC.CN1CCNCCN(C)CCN(C)CCN(C)CC1. The predicted octanol–water partition coefficient (Wildman–Crippen LogP) is 0.979. The highest BCUT2D eigenvalue weighted by Gasteiger charge is 2.06. The lowest BCUT2D eigenvalue weighted by atomic mass is 10.4. The molecule has 1 fully saturated rings. The third kappa shape index (κ3) is 13.5. The van der Waals surface area contributed by atoms with Crippen molar-refractivity contribution in [2.24, 2.45) is 0 Å². The van der Waals surface area contributed by atoms with Crippen molar-refractivity contribution in [2.75, 3.05) is 93.6 Å². The number of nitrogens with zero attached hydrogens (tertiary/aromatic N) is 4. The highest BCUT2D eigenvalue weighted by atomic mass is 15.2. The Balaban J connectivity index is 0. The van der Waals surface area contributed by atoms with Crippen LogP contribution in [0.15, 0.2) is 0 Å². The first-order valence-corrected chi connectivity index (χ1v) is 8.53. The van der Waals surface area contributed by atoms with Gasteiger partial charge in [0.1, 0.15) is 0 Å². The summed E-state index contributed by atoms with van der Waals surface area (Å²) in [5.41, 5.74) is 0. The Kier molecular flexibility index (Phi) is 17.2. The van der Waals surface area contributed by atoms with E-state index in [1.807, 2.05) is 13.8 Å². The van der Waals surface area contributed by atoms with Gasteiger partial charge in [0.15, 0.2) is 0 Å². The minimum Gasteiger partial charge on any atom is -0.314 e. The molecule has 1 saturated heterocycles. The summed E-state index contributed by atoms with van der Waals surface area (Å²) in [5.74, 6) is 0. The highest BCUT2D eigenvalue weighted by molar-refractivity contribution is 4.64. The van der Waals surface area contributed by atoms with Crippen LogP contribution in [-0.2, 0) is 0 Å². The first-order valence-electron chi connectivity index (χ1n) is 8.53. The predicted molar refractivity (Wildman–Crippen MR) is 101 cm³/mol. The molecule has 0 aromatic rings. The summed E-state index contributed by atoms with van der Waals surface area (Å²) < 4.78 is 0. The van der Waals surface area contributed by atoms with Crippen molar-refractivity contribution in [1.29, 1.82) is 0 Å². The fraction of sp³-hybridized carbons (Fsp3) is 1.00. The molecule has 0 aromatic carbocycles. The number of likely N-dealkylation sites (N-methyl/N-ethyl adjacent to an activating group) is 4. The van der Waals surface area contributed by atoms with Crippen LogP contribution >= 0.6 is 0 Å². The van der Waals surface area contributed by atoms with Gasteiger partial charge in [-0.1, -0.05) is 21.3 Å². The molecule has 1 heterocycles. The zero-order chi connectivity index (χ0) is 16.1. The molecule has 5 nitrogen and oxygen atoms in total. The Morgan fingerprint density at radius 3 is 1.00 bits per heavy atom. The Hall–Kier alpha value is -0.200. The first-order chi connectivity index (χ1) is 10.1. The molecule has 1 aliphatic heterocycles. The summed E-state index contributed by atoms with van der Waals surface area (Å²) >= 11 is 0. The van der Waals surface area contributed by atoms with Crippen molar-refractivity contribution in [1.82, 2.24) is 24.9 Å². The zero-order valence-electron chi connectivity index (χ0n) is 15.4. The van der Waals surface area contributed by atoms with Gasteiger partial charge in [-0.15, -0.1) is 0 Å². The van der Waals surface area contributed by atoms with Crippen LogP contribution in [0, 0.1) is 0 Å². The monoisotopic (exact) mass is 317 g/mol. The number of hydrogen-bond acceptors (Lipinski definition) is 5. The molecule has 1 aliphatic rings. The Labute approximate surface area is 140 Å². The van der Waals surface area contributed by atoms with Gasteiger partial charge in [0, 0.05) is 65.4 Å². The molecule has 5 heteroatoms. The van der Waals surface area contributed by atoms with Crippen molar-refractivity contribution in [3.8, 4) is 0 Å². The fourth-order valence-electron chi connectivity index (χ4n) is 2.14. The summed E-state index contributed by atoms with van der Waals surface area (Å²) in [4.78, 5) is 9.70. The molecule has 22 heavy (non-hydrogen) atoms. The lowest BCUT2D eigenvalue weighted by Gasteiger charge is -2.25. The van der Waals surface area contributed by atoms with E-state index in [2.05, 4.69) is 53.1 Å². The summed E-state index contributed by atoms with van der Waals surface area (Å²) in [6, 6.07) is 0. The molecule has 0 unspecified atom stereocenters. The van der Waals surface area contributed by atoms with Crippen molar-refractivity contribution < 1.29 is 0 Å². The van der Waals surface area contributed by atoms with Gasteiger partial charge in [0.2, 0.25) is 0 Å². The molecule has 0 saturated carbocycles. The van der Waals surface area contributed by atoms with Gasteiger partial charge < -0.3 is 24.9 Å². The maximum atomic E-state index is 3.53. The van der Waals surface area contributed by atoms with E-state index in [1.165, 1.54) is 0 Å². The van der Waals surface area contributed by atoms with Crippen LogP contribution in [0.4, 0.5) is 0 Å². The molecule has 0 radical (unpaired) electrons. The second kappa shape index (κ2) is 15.7. The number of nitrogens with one attached hydrogen (secondary N) is 1. The summed E-state index contributed by atoms with van der Waals surface area (Å²) in [7, 11) is 8.88. The molecular formula is C17H43N5. The fourth-order valence-corrected chi connectivity index (χ4v) is 2.14. The quantitative estimate of drug-likeness (QED) is 0.718. The zero-order valence-corrected chi connectivity index (χ0v) is 15.4. The van der Waals surface area contributed by atoms with Crippen LogP contribution < -0.4 is 5.32 Å². The van der Waals surface area contributed by atoms with Gasteiger partial charge in [-0.25, -0.2) is 0 Å². The van der Waals surface area contributed by atoms with Gasteiger partial charge in [-0.3, -0.25) is 0 Å². The smallest absolute Gasteiger partial charge is 0.0107 e. The topological polar surface area (TPSA) is 25.0 Å². The van der Waals surface area contributed by atoms with Gasteiger partial charge in [0.25, 0.3) is 0 Å². The Bertz CT molecular complexity index is 203. The third-order valence-corrected chi connectivity index (χ3v) is 3.93. The van der Waals surface area contributed by atoms with Crippen LogP contribution in [0.1, 0.15) is 21.3 Å². The van der Waals surface area contributed by atoms with E-state index in [-0.39, 0.29) is 7.43 Å². The third-order valence-electron chi connectivity index (χ3n) is 3.93. The van der Waals surface area contributed by atoms with Gasteiger partial charge in [0.05, 0.1) is 0 Å².